The average molecular weight is 428 g/mol. The molecule has 3 aromatic rings. The third-order valence-electron chi connectivity index (χ3n) is 5.14. The summed E-state index contributed by atoms with van der Waals surface area (Å²) >= 11 is 0. The van der Waals surface area contributed by atoms with E-state index in [1.165, 1.54) is 6.33 Å². The number of H-pyrrole nitrogens is 1. The van der Waals surface area contributed by atoms with Crippen molar-refractivity contribution in [3.05, 3.63) is 48.7 Å². The fourth-order valence-electron chi connectivity index (χ4n) is 3.70. The first kappa shape index (κ1) is 22.0. The van der Waals surface area contributed by atoms with E-state index in [0.29, 0.717) is 18.7 Å². The van der Waals surface area contributed by atoms with Crippen molar-refractivity contribution in [2.45, 2.75) is 38.1 Å². The number of aromatic amines is 1. The van der Waals surface area contributed by atoms with Crippen LogP contribution in [0.3, 0.4) is 0 Å². The van der Waals surface area contributed by atoms with Gasteiger partial charge in [-0.15, -0.1) is 0 Å². The van der Waals surface area contributed by atoms with E-state index in [0.717, 1.165) is 10.9 Å². The topological polar surface area (TPSA) is 162 Å². The fourth-order valence-corrected chi connectivity index (χ4v) is 3.70. The van der Waals surface area contributed by atoms with Crippen LogP contribution in [-0.4, -0.2) is 60.4 Å². The van der Waals surface area contributed by atoms with Gasteiger partial charge in [0.15, 0.2) is 0 Å². The minimum atomic E-state index is -0.744. The molecule has 0 saturated heterocycles. The largest absolute Gasteiger partial charge is 0.483 e. The number of aliphatic hydroxyl groups is 1. The fraction of sp³-hybridized carbons (Fsp3) is 0.350. The number of para-hydroxylation sites is 1. The molecular weight excluding hydrogens is 404 g/mol. The van der Waals surface area contributed by atoms with Crippen molar-refractivity contribution in [3.63, 3.8) is 0 Å². The predicted octanol–water partition coefficient (Wildman–Crippen LogP) is 0.0323. The lowest BCUT2D eigenvalue weighted by Gasteiger charge is -2.17. The summed E-state index contributed by atoms with van der Waals surface area (Å²) in [6, 6.07) is 9.36. The Morgan fingerprint density at radius 1 is 1.26 bits per heavy atom. The predicted molar refractivity (Wildman–Crippen MR) is 110 cm³/mol. The van der Waals surface area contributed by atoms with Crippen LogP contribution < -0.4 is 10.6 Å². The van der Waals surface area contributed by atoms with Gasteiger partial charge < -0.3 is 25.4 Å². The minimum absolute atomic E-state index is 0.163. The van der Waals surface area contributed by atoms with Crippen molar-refractivity contribution in [1.82, 2.24) is 30.4 Å². The zero-order valence-electron chi connectivity index (χ0n) is 16.6. The van der Waals surface area contributed by atoms with Crippen molar-refractivity contribution < 1.29 is 24.6 Å². The first-order chi connectivity index (χ1) is 15.0. The highest BCUT2D eigenvalue weighted by atomic mass is 16.3. The van der Waals surface area contributed by atoms with E-state index in [4.69, 9.17) is 9.90 Å². The molecule has 31 heavy (non-hydrogen) atoms. The zero-order chi connectivity index (χ0) is 22.2. The lowest BCUT2D eigenvalue weighted by Crippen LogP contribution is -2.41. The van der Waals surface area contributed by atoms with Crippen molar-refractivity contribution in [2.75, 3.05) is 0 Å². The number of amides is 2. The molecule has 0 aliphatic heterocycles. The molecule has 1 fully saturated rings. The molecule has 1 aromatic carbocycles. The lowest BCUT2D eigenvalue weighted by atomic mass is 10.1. The van der Waals surface area contributed by atoms with Gasteiger partial charge in [-0.1, -0.05) is 18.2 Å². The van der Waals surface area contributed by atoms with Gasteiger partial charge in [-0.2, -0.15) is 5.10 Å². The number of fused-ring (bicyclic) bond motifs is 1. The standard InChI is InChI=1S/C19H22N6O3.CH2O2/c26-16-8-13(19(28)20-9-17-21-11-22-24-17)7-14(16)23-18(27)10-25-6-5-12-3-1-2-4-15(12)25;2-1-3/h1-6,11,13-14,16,26H,7-10H2,(H,20,28)(H,23,27)(H,21,22,24);1H,(H,2,3)/t13-,14+,16+;/m0./s1. The second kappa shape index (κ2) is 10.3. The van der Waals surface area contributed by atoms with Gasteiger partial charge in [0, 0.05) is 17.6 Å². The van der Waals surface area contributed by atoms with Crippen LogP contribution in [0.2, 0.25) is 0 Å². The molecule has 164 valence electrons. The summed E-state index contributed by atoms with van der Waals surface area (Å²) in [5.74, 6) is -0.136. The Morgan fingerprint density at radius 3 is 2.77 bits per heavy atom. The van der Waals surface area contributed by atoms with Crippen LogP contribution in [0.25, 0.3) is 10.9 Å². The molecule has 2 amide bonds. The third kappa shape index (κ3) is 5.66. The Kier molecular flexibility index (Phi) is 7.33. The van der Waals surface area contributed by atoms with Crippen LogP contribution in [0.1, 0.15) is 18.7 Å². The van der Waals surface area contributed by atoms with Crippen molar-refractivity contribution >= 4 is 29.2 Å². The molecule has 4 rings (SSSR count). The second-order valence-electron chi connectivity index (χ2n) is 7.17. The molecule has 2 aromatic heterocycles. The molecule has 11 nitrogen and oxygen atoms in total. The smallest absolute Gasteiger partial charge is 0.290 e. The molecular formula is C20H24N6O5. The van der Waals surface area contributed by atoms with E-state index >= 15 is 0 Å². The number of rotatable bonds is 6. The van der Waals surface area contributed by atoms with Crippen molar-refractivity contribution in [2.24, 2.45) is 5.92 Å². The molecule has 1 saturated carbocycles. The van der Waals surface area contributed by atoms with E-state index in [2.05, 4.69) is 25.8 Å². The summed E-state index contributed by atoms with van der Waals surface area (Å²) in [6.07, 6.45) is 3.22. The second-order valence-corrected chi connectivity index (χ2v) is 7.17. The number of nitrogens with one attached hydrogen (secondary N) is 3. The summed E-state index contributed by atoms with van der Waals surface area (Å²) < 4.78 is 1.87. The van der Waals surface area contributed by atoms with Gasteiger partial charge in [0.1, 0.15) is 18.7 Å². The number of carboxylic acid groups (broad SMARTS) is 1. The average Bonchev–Trinajstić information content (AvgIpc) is 3.49. The Morgan fingerprint density at radius 2 is 2.03 bits per heavy atom. The van der Waals surface area contributed by atoms with Crippen LogP contribution >= 0.6 is 0 Å². The zero-order valence-corrected chi connectivity index (χ0v) is 16.6. The summed E-state index contributed by atoms with van der Waals surface area (Å²) in [5.41, 5.74) is 0.981. The molecule has 5 N–H and O–H groups in total. The Bertz CT molecular complexity index is 1020. The highest BCUT2D eigenvalue weighted by Crippen LogP contribution is 2.26. The first-order valence-corrected chi connectivity index (χ1v) is 9.73. The quantitative estimate of drug-likeness (QED) is 0.346. The summed E-state index contributed by atoms with van der Waals surface area (Å²) in [5, 5.41) is 30.3. The van der Waals surface area contributed by atoms with Gasteiger partial charge in [-0.05, 0) is 30.4 Å². The highest BCUT2D eigenvalue weighted by Gasteiger charge is 2.37. The first-order valence-electron chi connectivity index (χ1n) is 9.73. The molecule has 3 atom stereocenters. The van der Waals surface area contributed by atoms with E-state index in [9.17, 15) is 14.7 Å². The minimum Gasteiger partial charge on any atom is -0.483 e. The Hall–Kier alpha value is -3.73. The number of aliphatic hydroxyl groups excluding tert-OH is 1. The van der Waals surface area contributed by atoms with Crippen LogP contribution in [0.5, 0.6) is 0 Å². The number of aromatic nitrogens is 4. The maximum Gasteiger partial charge on any atom is 0.290 e. The van der Waals surface area contributed by atoms with Crippen molar-refractivity contribution in [1.29, 1.82) is 0 Å². The lowest BCUT2D eigenvalue weighted by molar-refractivity contribution is -0.126. The van der Waals surface area contributed by atoms with E-state index in [1.54, 1.807) is 0 Å². The number of hydrogen-bond acceptors (Lipinski definition) is 6. The highest BCUT2D eigenvalue weighted by molar-refractivity contribution is 5.83. The molecule has 11 heteroatoms. The van der Waals surface area contributed by atoms with Gasteiger partial charge in [-0.25, -0.2) is 4.98 Å². The van der Waals surface area contributed by atoms with Gasteiger partial charge in [-0.3, -0.25) is 19.5 Å². The molecule has 2 heterocycles. The van der Waals surface area contributed by atoms with Crippen molar-refractivity contribution in [3.8, 4) is 0 Å². The van der Waals surface area contributed by atoms with Crippen LogP contribution in [0.4, 0.5) is 0 Å². The number of carbonyl (C=O) groups is 3. The Balaban J connectivity index is 0.000000858. The molecule has 1 aliphatic carbocycles. The molecule has 0 radical (unpaired) electrons. The maximum absolute atomic E-state index is 12.5. The van der Waals surface area contributed by atoms with Crippen LogP contribution in [0, 0.1) is 5.92 Å². The van der Waals surface area contributed by atoms with E-state index < -0.39 is 12.1 Å². The van der Waals surface area contributed by atoms with E-state index in [1.807, 2.05) is 41.1 Å². The summed E-state index contributed by atoms with van der Waals surface area (Å²) in [6.45, 7) is 0.169. The van der Waals surface area contributed by atoms with Crippen LogP contribution in [-0.2, 0) is 27.5 Å². The number of hydrogen-bond donors (Lipinski definition) is 5. The third-order valence-corrected chi connectivity index (χ3v) is 5.14. The maximum atomic E-state index is 12.5. The number of carbonyl (C=O) groups excluding carboxylic acids is 2. The van der Waals surface area contributed by atoms with Gasteiger partial charge in [0.25, 0.3) is 6.47 Å². The normalized spacial score (nSPS) is 20.0. The van der Waals surface area contributed by atoms with Gasteiger partial charge >= 0.3 is 0 Å². The number of benzene rings is 1. The monoisotopic (exact) mass is 428 g/mol. The van der Waals surface area contributed by atoms with Crippen LogP contribution in [0.15, 0.2) is 42.9 Å². The molecule has 0 bridgehead atoms. The Labute approximate surface area is 177 Å². The SMILES string of the molecule is O=C(Cn1ccc2ccccc21)N[C@@H]1C[C@H](C(=O)NCc2ncn[nH]2)C[C@H]1O.O=CO. The number of nitrogens with zero attached hydrogens (tertiary/aromatic N) is 3. The van der Waals surface area contributed by atoms with Gasteiger partial charge in [0.2, 0.25) is 11.8 Å². The molecule has 1 aliphatic rings. The van der Waals surface area contributed by atoms with E-state index in [-0.39, 0.29) is 37.3 Å². The summed E-state index contributed by atoms with van der Waals surface area (Å²) in [7, 11) is 0. The summed E-state index contributed by atoms with van der Waals surface area (Å²) in [4.78, 5) is 37.1. The molecule has 0 spiro atoms. The van der Waals surface area contributed by atoms with Gasteiger partial charge in [0.05, 0.1) is 18.7 Å². The molecule has 0 unspecified atom stereocenters.